The van der Waals surface area contributed by atoms with Crippen molar-refractivity contribution in [1.82, 2.24) is 5.32 Å². The Morgan fingerprint density at radius 1 is 1.43 bits per heavy atom. The summed E-state index contributed by atoms with van der Waals surface area (Å²) in [4.78, 5) is 12.0. The van der Waals surface area contributed by atoms with Crippen LogP contribution in [0, 0.1) is 0 Å². The largest absolute Gasteiger partial charge is 0.325 e. The molecule has 72 valence electrons. The second-order valence-corrected chi connectivity index (χ2v) is 3.87. The van der Waals surface area contributed by atoms with Crippen LogP contribution in [-0.4, -0.2) is 19.0 Å². The highest BCUT2D eigenvalue weighted by atomic mass is 16.2. The summed E-state index contributed by atoms with van der Waals surface area (Å²) in [6, 6.07) is 7.75. The molecule has 2 atom stereocenters. The molecule has 2 N–H and O–H groups in total. The van der Waals surface area contributed by atoms with Crippen molar-refractivity contribution >= 4 is 11.6 Å². The van der Waals surface area contributed by atoms with Crippen molar-refractivity contribution in [3.05, 3.63) is 29.8 Å². The monoisotopic (exact) mass is 189 g/mol. The number of hydrogen-bond donors (Lipinski definition) is 2. The van der Waals surface area contributed by atoms with Gasteiger partial charge in [-0.15, -0.1) is 0 Å². The van der Waals surface area contributed by atoms with Crippen LogP contribution in [0.25, 0.3) is 0 Å². The van der Waals surface area contributed by atoms with Crippen molar-refractivity contribution in [3.8, 4) is 0 Å². The maximum atomic E-state index is 12.0. The van der Waals surface area contributed by atoms with E-state index in [2.05, 4.69) is 10.6 Å². The number of fused-ring (bicyclic) bond motifs is 2. The number of carbonyl (C=O) groups excluding carboxylic acids is 1. The Morgan fingerprint density at radius 3 is 3.07 bits per heavy atom. The van der Waals surface area contributed by atoms with E-state index in [4.69, 9.17) is 1.37 Å². The summed E-state index contributed by atoms with van der Waals surface area (Å²) in [5.74, 6) is 0.0333. The normalized spacial score (nSPS) is 35.6. The first-order valence-corrected chi connectivity index (χ1v) is 4.79. The van der Waals surface area contributed by atoms with Crippen LogP contribution in [-0.2, 0) is 10.2 Å². The summed E-state index contributed by atoms with van der Waals surface area (Å²) in [5, 5.41) is 5.92. The second kappa shape index (κ2) is 2.58. The number of rotatable bonds is 0. The van der Waals surface area contributed by atoms with Gasteiger partial charge < -0.3 is 10.6 Å². The van der Waals surface area contributed by atoms with Crippen LogP contribution in [0.4, 0.5) is 5.69 Å². The first kappa shape index (κ1) is 7.01. The lowest BCUT2D eigenvalue weighted by Crippen LogP contribution is -2.36. The highest BCUT2D eigenvalue weighted by Gasteiger charge is 2.48. The summed E-state index contributed by atoms with van der Waals surface area (Å²) in [7, 11) is 0. The minimum absolute atomic E-state index is 0.0333. The van der Waals surface area contributed by atoms with E-state index in [0.717, 1.165) is 11.3 Å². The van der Waals surface area contributed by atoms with Gasteiger partial charge in [-0.3, -0.25) is 4.79 Å². The number of amides is 1. The van der Waals surface area contributed by atoms with E-state index in [0.29, 0.717) is 13.0 Å². The Balaban J connectivity index is 2.13. The molecule has 2 unspecified atom stereocenters. The van der Waals surface area contributed by atoms with Crippen LogP contribution in [0.2, 0.25) is 0 Å². The predicted molar refractivity (Wildman–Crippen MR) is 54.2 cm³/mol. The van der Waals surface area contributed by atoms with Gasteiger partial charge in [0.15, 0.2) is 0 Å². The summed E-state index contributed by atoms with van der Waals surface area (Å²) in [5.41, 5.74) is 1.44. The van der Waals surface area contributed by atoms with Gasteiger partial charge in [-0.1, -0.05) is 18.2 Å². The van der Waals surface area contributed by atoms with Gasteiger partial charge in [0.2, 0.25) is 5.91 Å². The zero-order valence-electron chi connectivity index (χ0n) is 8.71. The van der Waals surface area contributed by atoms with Gasteiger partial charge in [-0.25, -0.2) is 0 Å². The molecule has 0 radical (unpaired) electrons. The number of para-hydroxylation sites is 1. The SMILES string of the molecule is [2H]C1CC2(CN1)C(=O)Nc1ccccc12. The van der Waals surface area contributed by atoms with Gasteiger partial charge in [0.1, 0.15) is 0 Å². The lowest BCUT2D eigenvalue weighted by molar-refractivity contribution is -0.120. The number of nitrogens with one attached hydrogen (secondary N) is 2. The molecular weight excluding hydrogens is 176 g/mol. The highest BCUT2D eigenvalue weighted by molar-refractivity contribution is 6.06. The van der Waals surface area contributed by atoms with E-state index in [1.165, 1.54) is 0 Å². The lowest BCUT2D eigenvalue weighted by Gasteiger charge is -2.19. The van der Waals surface area contributed by atoms with Gasteiger partial charge in [-0.05, 0) is 24.6 Å². The minimum atomic E-state index is -0.497. The minimum Gasteiger partial charge on any atom is -0.325 e. The average Bonchev–Trinajstić information content (AvgIpc) is 2.73. The zero-order chi connectivity index (χ0) is 10.5. The predicted octanol–water partition coefficient (Wildman–Crippen LogP) is 0.870. The average molecular weight is 189 g/mol. The molecule has 1 aromatic carbocycles. The van der Waals surface area contributed by atoms with Gasteiger partial charge in [0.25, 0.3) is 0 Å². The molecule has 1 aromatic rings. The zero-order valence-corrected chi connectivity index (χ0v) is 7.71. The molecule has 0 saturated carbocycles. The molecule has 2 aliphatic rings. The Kier molecular flexibility index (Phi) is 1.29. The number of hydrogen-bond acceptors (Lipinski definition) is 2. The van der Waals surface area contributed by atoms with Crippen LogP contribution in [0.1, 0.15) is 13.4 Å². The van der Waals surface area contributed by atoms with Crippen LogP contribution in [0.5, 0.6) is 0 Å². The molecule has 1 fully saturated rings. The van der Waals surface area contributed by atoms with Crippen LogP contribution in [0.3, 0.4) is 0 Å². The smallest absolute Gasteiger partial charge is 0.236 e. The van der Waals surface area contributed by atoms with Crippen molar-refractivity contribution < 1.29 is 6.17 Å². The van der Waals surface area contributed by atoms with E-state index in [1.54, 1.807) is 0 Å². The fourth-order valence-corrected chi connectivity index (χ4v) is 2.32. The standard InChI is InChI=1S/C11H12N2O/c14-10-11(5-6-12-7-11)8-3-1-2-4-9(8)13-10/h1-4,12H,5-7H2,(H,13,14)/i6D. The Bertz CT molecular complexity index is 434. The molecule has 1 spiro atoms. The molecule has 0 aliphatic carbocycles. The first-order chi connectivity index (χ1) is 7.22. The van der Waals surface area contributed by atoms with Crippen LogP contribution in [0.15, 0.2) is 24.3 Å². The number of benzene rings is 1. The molecule has 0 aromatic heterocycles. The third-order valence-electron chi connectivity index (χ3n) is 3.12. The molecular formula is C11H12N2O. The molecule has 2 aliphatic heterocycles. The molecule has 3 rings (SSSR count). The van der Waals surface area contributed by atoms with Crippen molar-refractivity contribution in [2.45, 2.75) is 11.8 Å². The lowest BCUT2D eigenvalue weighted by atomic mass is 9.81. The maximum Gasteiger partial charge on any atom is 0.236 e. The molecule has 1 saturated heterocycles. The fourth-order valence-electron chi connectivity index (χ4n) is 2.32. The molecule has 14 heavy (non-hydrogen) atoms. The Hall–Kier alpha value is -1.35. The van der Waals surface area contributed by atoms with Crippen molar-refractivity contribution in [2.24, 2.45) is 0 Å². The topological polar surface area (TPSA) is 41.1 Å². The molecule has 1 amide bonds. The second-order valence-electron chi connectivity index (χ2n) is 3.87. The van der Waals surface area contributed by atoms with E-state index in [-0.39, 0.29) is 12.4 Å². The quantitative estimate of drug-likeness (QED) is 0.636. The fraction of sp³-hybridized carbons (Fsp3) is 0.364. The van der Waals surface area contributed by atoms with Gasteiger partial charge in [-0.2, -0.15) is 0 Å². The Morgan fingerprint density at radius 2 is 2.29 bits per heavy atom. The van der Waals surface area contributed by atoms with Crippen molar-refractivity contribution in [3.63, 3.8) is 0 Å². The Labute approximate surface area is 83.9 Å². The van der Waals surface area contributed by atoms with Crippen molar-refractivity contribution in [2.75, 3.05) is 18.4 Å². The van der Waals surface area contributed by atoms with E-state index in [1.807, 2.05) is 24.3 Å². The van der Waals surface area contributed by atoms with E-state index >= 15 is 0 Å². The summed E-state index contributed by atoms with van der Waals surface area (Å²) >= 11 is 0. The third-order valence-corrected chi connectivity index (χ3v) is 3.12. The number of anilines is 1. The summed E-state index contributed by atoms with van der Waals surface area (Å²) in [6.45, 7) is 0.242. The maximum absolute atomic E-state index is 12.0. The van der Waals surface area contributed by atoms with Gasteiger partial charge in [0.05, 0.1) is 5.41 Å². The van der Waals surface area contributed by atoms with E-state index in [9.17, 15) is 4.79 Å². The molecule has 3 nitrogen and oxygen atoms in total. The highest BCUT2D eigenvalue weighted by Crippen LogP contribution is 2.41. The summed E-state index contributed by atoms with van der Waals surface area (Å²) < 4.78 is 7.66. The third kappa shape index (κ3) is 0.826. The van der Waals surface area contributed by atoms with Gasteiger partial charge >= 0.3 is 0 Å². The van der Waals surface area contributed by atoms with Crippen molar-refractivity contribution in [1.29, 1.82) is 0 Å². The molecule has 0 bridgehead atoms. The first-order valence-electron chi connectivity index (χ1n) is 5.37. The van der Waals surface area contributed by atoms with E-state index < -0.39 is 5.41 Å². The van der Waals surface area contributed by atoms with Crippen LogP contribution < -0.4 is 10.6 Å². The summed E-state index contributed by atoms with van der Waals surface area (Å²) in [6.07, 6.45) is 0.565. The molecule has 2 heterocycles. The van der Waals surface area contributed by atoms with Gasteiger partial charge in [0, 0.05) is 13.6 Å². The number of carbonyl (C=O) groups is 1. The van der Waals surface area contributed by atoms with Crippen LogP contribution >= 0.6 is 0 Å². The molecule has 3 heteroatoms.